The van der Waals surface area contributed by atoms with E-state index in [0.29, 0.717) is 11.8 Å². The van der Waals surface area contributed by atoms with Crippen molar-refractivity contribution in [1.29, 1.82) is 0 Å². The van der Waals surface area contributed by atoms with E-state index < -0.39 is 0 Å². The zero-order valence-corrected chi connectivity index (χ0v) is 12.7. The minimum absolute atomic E-state index is 0.351. The van der Waals surface area contributed by atoms with E-state index in [1.807, 2.05) is 25.1 Å². The summed E-state index contributed by atoms with van der Waals surface area (Å²) < 4.78 is 1.72. The number of anilines is 3. The standard InChI is InChI=1S/C11H11Br2N5/c1-6-2-3-7(12)9(4-6)16-10-8(13)5-15-11(17-10)18-14/h2-5H,14H2,1H3,(H2,15,16,17,18). The summed E-state index contributed by atoms with van der Waals surface area (Å²) in [5.74, 6) is 6.28. The minimum atomic E-state index is 0.351. The molecule has 0 aliphatic carbocycles. The third-order valence-electron chi connectivity index (χ3n) is 2.25. The molecule has 0 aliphatic heterocycles. The van der Waals surface area contributed by atoms with Gasteiger partial charge in [0.05, 0.1) is 10.2 Å². The average molecular weight is 373 g/mol. The number of rotatable bonds is 3. The van der Waals surface area contributed by atoms with Gasteiger partial charge in [-0.25, -0.2) is 10.8 Å². The first-order chi connectivity index (χ1) is 8.60. The first kappa shape index (κ1) is 13.3. The summed E-state index contributed by atoms with van der Waals surface area (Å²) in [6, 6.07) is 6.03. The van der Waals surface area contributed by atoms with Gasteiger partial charge in [0.15, 0.2) is 0 Å². The molecule has 0 aliphatic rings. The summed E-state index contributed by atoms with van der Waals surface area (Å²) in [7, 11) is 0. The number of aryl methyl sites for hydroxylation is 1. The van der Waals surface area contributed by atoms with Crippen molar-refractivity contribution < 1.29 is 0 Å². The smallest absolute Gasteiger partial charge is 0.239 e. The molecule has 0 amide bonds. The van der Waals surface area contributed by atoms with Crippen LogP contribution in [0.25, 0.3) is 0 Å². The van der Waals surface area contributed by atoms with Crippen molar-refractivity contribution in [2.45, 2.75) is 6.92 Å². The summed E-state index contributed by atoms with van der Waals surface area (Å²) in [5.41, 5.74) is 4.50. The van der Waals surface area contributed by atoms with Gasteiger partial charge in [0.1, 0.15) is 5.82 Å². The van der Waals surface area contributed by atoms with Crippen LogP contribution in [0.2, 0.25) is 0 Å². The van der Waals surface area contributed by atoms with E-state index in [9.17, 15) is 0 Å². The first-order valence-corrected chi connectivity index (χ1v) is 6.71. The number of nitrogens with zero attached hydrogens (tertiary/aromatic N) is 2. The van der Waals surface area contributed by atoms with Crippen LogP contribution in [0.15, 0.2) is 33.3 Å². The van der Waals surface area contributed by atoms with Gasteiger partial charge < -0.3 is 5.32 Å². The fraction of sp³-hybridized carbons (Fsp3) is 0.0909. The predicted octanol–water partition coefficient (Wildman–Crippen LogP) is 3.34. The van der Waals surface area contributed by atoms with Gasteiger partial charge in [-0.1, -0.05) is 6.07 Å². The summed E-state index contributed by atoms with van der Waals surface area (Å²) in [4.78, 5) is 8.22. The van der Waals surface area contributed by atoms with Crippen LogP contribution in [0.1, 0.15) is 5.56 Å². The molecule has 5 nitrogen and oxygen atoms in total. The largest absolute Gasteiger partial charge is 0.338 e. The van der Waals surface area contributed by atoms with Crippen LogP contribution >= 0.6 is 31.9 Å². The zero-order chi connectivity index (χ0) is 13.1. The number of benzene rings is 1. The number of aromatic nitrogens is 2. The normalized spacial score (nSPS) is 10.2. The van der Waals surface area contributed by atoms with Gasteiger partial charge in [0, 0.05) is 10.7 Å². The van der Waals surface area contributed by atoms with E-state index in [1.165, 1.54) is 0 Å². The van der Waals surface area contributed by atoms with Crippen LogP contribution < -0.4 is 16.6 Å². The molecule has 2 rings (SSSR count). The van der Waals surface area contributed by atoms with Crippen LogP contribution in [0.3, 0.4) is 0 Å². The predicted molar refractivity (Wildman–Crippen MR) is 79.7 cm³/mol. The van der Waals surface area contributed by atoms with Crippen molar-refractivity contribution in [3.05, 3.63) is 38.9 Å². The van der Waals surface area contributed by atoms with E-state index in [1.54, 1.807) is 6.20 Å². The van der Waals surface area contributed by atoms with Crippen molar-refractivity contribution in [1.82, 2.24) is 9.97 Å². The molecule has 1 heterocycles. The van der Waals surface area contributed by atoms with Crippen molar-refractivity contribution >= 4 is 49.3 Å². The molecule has 18 heavy (non-hydrogen) atoms. The Balaban J connectivity index is 2.36. The van der Waals surface area contributed by atoms with Crippen LogP contribution in [0, 0.1) is 6.92 Å². The van der Waals surface area contributed by atoms with Gasteiger partial charge in [-0.2, -0.15) is 4.98 Å². The Kier molecular flexibility index (Phi) is 4.15. The fourth-order valence-electron chi connectivity index (χ4n) is 1.39. The molecule has 0 unspecified atom stereocenters. The lowest BCUT2D eigenvalue weighted by Gasteiger charge is -2.11. The lowest BCUT2D eigenvalue weighted by Crippen LogP contribution is -2.11. The maximum absolute atomic E-state index is 5.29. The number of halogens is 2. The van der Waals surface area contributed by atoms with Crippen molar-refractivity contribution in [3.63, 3.8) is 0 Å². The average Bonchev–Trinajstić information content (AvgIpc) is 2.36. The number of hydrogen-bond acceptors (Lipinski definition) is 5. The Morgan fingerprint density at radius 1 is 1.22 bits per heavy atom. The number of nitrogens with one attached hydrogen (secondary N) is 2. The Labute approximate surface area is 121 Å². The number of nitrogens with two attached hydrogens (primary N) is 1. The van der Waals surface area contributed by atoms with Crippen LogP contribution in [0.4, 0.5) is 17.5 Å². The van der Waals surface area contributed by atoms with Crippen LogP contribution in [-0.4, -0.2) is 9.97 Å². The lowest BCUT2D eigenvalue weighted by molar-refractivity contribution is 1.11. The molecule has 0 fully saturated rings. The van der Waals surface area contributed by atoms with Gasteiger partial charge >= 0.3 is 0 Å². The minimum Gasteiger partial charge on any atom is -0.338 e. The third kappa shape index (κ3) is 2.98. The highest BCUT2D eigenvalue weighted by molar-refractivity contribution is 9.11. The van der Waals surface area contributed by atoms with Crippen LogP contribution in [-0.2, 0) is 0 Å². The lowest BCUT2D eigenvalue weighted by atomic mass is 10.2. The van der Waals surface area contributed by atoms with E-state index in [-0.39, 0.29) is 0 Å². The summed E-state index contributed by atoms with van der Waals surface area (Å²) >= 11 is 6.88. The topological polar surface area (TPSA) is 75.9 Å². The monoisotopic (exact) mass is 371 g/mol. The van der Waals surface area contributed by atoms with Gasteiger partial charge in [-0.15, -0.1) is 0 Å². The first-order valence-electron chi connectivity index (χ1n) is 5.12. The molecule has 0 saturated carbocycles. The summed E-state index contributed by atoms with van der Waals surface area (Å²) in [5, 5.41) is 3.22. The maximum atomic E-state index is 5.29. The Morgan fingerprint density at radius 3 is 2.72 bits per heavy atom. The fourth-order valence-corrected chi connectivity index (χ4v) is 2.02. The zero-order valence-electron chi connectivity index (χ0n) is 9.54. The molecule has 94 valence electrons. The van der Waals surface area contributed by atoms with Crippen LogP contribution in [0.5, 0.6) is 0 Å². The van der Waals surface area contributed by atoms with Crippen molar-refractivity contribution in [2.75, 3.05) is 10.7 Å². The van der Waals surface area contributed by atoms with Crippen molar-refractivity contribution in [2.24, 2.45) is 5.84 Å². The molecule has 1 aromatic carbocycles. The number of nitrogen functional groups attached to an aromatic ring is 1. The molecule has 0 saturated heterocycles. The Hall–Kier alpha value is -1.18. The molecule has 0 atom stereocenters. The van der Waals surface area contributed by atoms with Crippen molar-refractivity contribution in [3.8, 4) is 0 Å². The maximum Gasteiger partial charge on any atom is 0.239 e. The Bertz CT molecular complexity index is 573. The highest BCUT2D eigenvalue weighted by atomic mass is 79.9. The van der Waals surface area contributed by atoms with E-state index in [2.05, 4.69) is 52.6 Å². The second kappa shape index (κ2) is 5.64. The summed E-state index contributed by atoms with van der Waals surface area (Å²) in [6.45, 7) is 2.03. The molecule has 0 radical (unpaired) electrons. The molecule has 7 heteroatoms. The summed E-state index contributed by atoms with van der Waals surface area (Å²) in [6.07, 6.45) is 1.63. The molecule has 0 bridgehead atoms. The van der Waals surface area contributed by atoms with Gasteiger partial charge in [0.25, 0.3) is 0 Å². The second-order valence-electron chi connectivity index (χ2n) is 3.64. The number of hydrogen-bond donors (Lipinski definition) is 3. The molecule has 0 spiro atoms. The Morgan fingerprint density at radius 2 is 2.00 bits per heavy atom. The van der Waals surface area contributed by atoms with Gasteiger partial charge in [0.2, 0.25) is 5.95 Å². The van der Waals surface area contributed by atoms with Gasteiger partial charge in [-0.3, -0.25) is 5.43 Å². The van der Waals surface area contributed by atoms with E-state index >= 15 is 0 Å². The highest BCUT2D eigenvalue weighted by Gasteiger charge is 2.07. The van der Waals surface area contributed by atoms with E-state index in [4.69, 9.17) is 5.84 Å². The third-order valence-corrected chi connectivity index (χ3v) is 3.52. The molecule has 2 aromatic rings. The SMILES string of the molecule is Cc1ccc(Br)c(Nc2nc(NN)ncc2Br)c1. The molecule has 1 aromatic heterocycles. The second-order valence-corrected chi connectivity index (χ2v) is 5.35. The number of hydrazine groups is 1. The molecular weight excluding hydrogens is 362 g/mol. The molecule has 4 N–H and O–H groups in total. The van der Waals surface area contributed by atoms with Gasteiger partial charge in [-0.05, 0) is 56.5 Å². The highest BCUT2D eigenvalue weighted by Crippen LogP contribution is 2.29. The van der Waals surface area contributed by atoms with E-state index in [0.717, 1.165) is 20.2 Å². The quantitative estimate of drug-likeness (QED) is 0.569. The molecular formula is C11H11Br2N5.